The lowest BCUT2D eigenvalue weighted by Gasteiger charge is -2.26. The second kappa shape index (κ2) is 6.33. The summed E-state index contributed by atoms with van der Waals surface area (Å²) in [5, 5.41) is 16.0. The van der Waals surface area contributed by atoms with Gasteiger partial charge < -0.3 is 20.5 Å². The monoisotopic (exact) mass is 244 g/mol. The molecule has 1 amide bonds. The smallest absolute Gasteiger partial charge is 0.234 e. The number of amides is 1. The van der Waals surface area contributed by atoms with Crippen LogP contribution in [0.5, 0.6) is 0 Å². The number of rotatable bonds is 6. The number of carbonyl (C=O) groups excluding carboxylic acids is 1. The van der Waals surface area contributed by atoms with Gasteiger partial charge in [0.2, 0.25) is 5.91 Å². The van der Waals surface area contributed by atoms with Gasteiger partial charge in [-0.3, -0.25) is 4.79 Å². The van der Waals surface area contributed by atoms with Gasteiger partial charge in [-0.15, -0.1) is 0 Å². The Morgan fingerprint density at radius 2 is 2.35 bits per heavy atom. The highest BCUT2D eigenvalue weighted by Gasteiger charge is 2.39. The Balaban J connectivity index is 2.21. The van der Waals surface area contributed by atoms with Gasteiger partial charge in [0, 0.05) is 25.6 Å². The summed E-state index contributed by atoms with van der Waals surface area (Å²) in [5.41, 5.74) is -0.837. The molecule has 17 heavy (non-hydrogen) atoms. The summed E-state index contributed by atoms with van der Waals surface area (Å²) in [6.45, 7) is 7.06. The molecule has 0 spiro atoms. The van der Waals surface area contributed by atoms with Crippen LogP contribution in [0, 0.1) is 0 Å². The van der Waals surface area contributed by atoms with Crippen molar-refractivity contribution in [2.45, 2.75) is 51.4 Å². The lowest BCUT2D eigenvalue weighted by molar-refractivity contribution is -0.121. The highest BCUT2D eigenvalue weighted by Crippen LogP contribution is 2.24. The maximum absolute atomic E-state index is 11.5. The maximum atomic E-state index is 11.5. The molecule has 0 bridgehead atoms. The van der Waals surface area contributed by atoms with E-state index in [1.165, 1.54) is 0 Å². The van der Waals surface area contributed by atoms with E-state index in [9.17, 15) is 9.90 Å². The van der Waals surface area contributed by atoms with Crippen LogP contribution in [-0.2, 0) is 9.53 Å². The Labute approximate surface area is 103 Å². The number of ether oxygens (including phenoxy) is 1. The van der Waals surface area contributed by atoms with Crippen molar-refractivity contribution in [1.82, 2.24) is 10.6 Å². The Bertz CT molecular complexity index is 260. The minimum atomic E-state index is -0.837. The van der Waals surface area contributed by atoms with Crippen LogP contribution in [0.4, 0.5) is 0 Å². The topological polar surface area (TPSA) is 70.6 Å². The van der Waals surface area contributed by atoms with Gasteiger partial charge >= 0.3 is 0 Å². The molecule has 100 valence electrons. The van der Waals surface area contributed by atoms with Crippen molar-refractivity contribution in [3.63, 3.8) is 0 Å². The van der Waals surface area contributed by atoms with Crippen LogP contribution in [0.3, 0.4) is 0 Å². The van der Waals surface area contributed by atoms with Gasteiger partial charge in [-0.1, -0.05) is 6.92 Å². The van der Waals surface area contributed by atoms with Crippen molar-refractivity contribution in [3.05, 3.63) is 0 Å². The van der Waals surface area contributed by atoms with Gasteiger partial charge in [-0.2, -0.15) is 0 Å². The van der Waals surface area contributed by atoms with Crippen LogP contribution in [0.2, 0.25) is 0 Å². The first kappa shape index (κ1) is 14.4. The molecule has 3 N–H and O–H groups in total. The van der Waals surface area contributed by atoms with Gasteiger partial charge in [-0.25, -0.2) is 0 Å². The largest absolute Gasteiger partial charge is 0.386 e. The molecule has 0 radical (unpaired) electrons. The maximum Gasteiger partial charge on any atom is 0.234 e. The SMILES string of the molecule is CCC(C)NC(=O)CNCC1(O)CCOC1C. The summed E-state index contributed by atoms with van der Waals surface area (Å²) >= 11 is 0. The Hall–Kier alpha value is -0.650. The number of hydrogen-bond donors (Lipinski definition) is 3. The molecule has 0 saturated carbocycles. The van der Waals surface area contributed by atoms with Crippen molar-refractivity contribution in [2.24, 2.45) is 0 Å². The fourth-order valence-electron chi connectivity index (χ4n) is 1.82. The van der Waals surface area contributed by atoms with Crippen molar-refractivity contribution in [2.75, 3.05) is 19.7 Å². The van der Waals surface area contributed by atoms with Crippen molar-refractivity contribution >= 4 is 5.91 Å². The van der Waals surface area contributed by atoms with Gasteiger partial charge in [0.15, 0.2) is 0 Å². The lowest BCUT2D eigenvalue weighted by Crippen LogP contribution is -2.48. The van der Waals surface area contributed by atoms with E-state index < -0.39 is 5.60 Å². The lowest BCUT2D eigenvalue weighted by atomic mass is 9.97. The standard InChI is InChI=1S/C12H24N2O3/c1-4-9(2)14-11(15)7-13-8-12(16)5-6-17-10(12)3/h9-10,13,16H,4-8H2,1-3H3,(H,14,15). The van der Waals surface area contributed by atoms with Crippen LogP contribution in [0.1, 0.15) is 33.6 Å². The van der Waals surface area contributed by atoms with Crippen LogP contribution < -0.4 is 10.6 Å². The average Bonchev–Trinajstić information content (AvgIpc) is 2.59. The van der Waals surface area contributed by atoms with Crippen molar-refractivity contribution in [3.8, 4) is 0 Å². The molecular formula is C12H24N2O3. The Morgan fingerprint density at radius 3 is 2.88 bits per heavy atom. The molecule has 0 aromatic heterocycles. The first-order valence-electron chi connectivity index (χ1n) is 6.32. The molecule has 1 rings (SSSR count). The number of nitrogens with one attached hydrogen (secondary N) is 2. The molecule has 1 fully saturated rings. The molecule has 1 heterocycles. The minimum Gasteiger partial charge on any atom is -0.386 e. The van der Waals surface area contributed by atoms with Gasteiger partial charge in [0.25, 0.3) is 0 Å². The first-order valence-corrected chi connectivity index (χ1v) is 6.32. The molecule has 5 heteroatoms. The fourth-order valence-corrected chi connectivity index (χ4v) is 1.82. The van der Waals surface area contributed by atoms with Crippen molar-refractivity contribution < 1.29 is 14.6 Å². The van der Waals surface area contributed by atoms with E-state index in [0.29, 0.717) is 19.6 Å². The summed E-state index contributed by atoms with van der Waals surface area (Å²) in [5.74, 6) is -0.0329. The first-order chi connectivity index (χ1) is 7.98. The molecule has 1 aliphatic heterocycles. The normalized spacial score (nSPS) is 30.2. The van der Waals surface area contributed by atoms with E-state index in [1.54, 1.807) is 0 Å². The molecule has 0 aromatic rings. The third-order valence-corrected chi connectivity index (χ3v) is 3.40. The van der Waals surface area contributed by atoms with Crippen molar-refractivity contribution in [1.29, 1.82) is 0 Å². The molecule has 3 unspecified atom stereocenters. The number of carbonyl (C=O) groups is 1. The molecule has 1 aliphatic rings. The highest BCUT2D eigenvalue weighted by molar-refractivity contribution is 5.78. The summed E-state index contributed by atoms with van der Waals surface area (Å²) in [6, 6.07) is 0.195. The third-order valence-electron chi connectivity index (χ3n) is 3.40. The summed E-state index contributed by atoms with van der Waals surface area (Å²) in [7, 11) is 0. The van der Waals surface area contributed by atoms with E-state index in [2.05, 4.69) is 10.6 Å². The zero-order valence-corrected chi connectivity index (χ0v) is 11.0. The zero-order chi connectivity index (χ0) is 12.9. The van der Waals surface area contributed by atoms with Crippen LogP contribution in [-0.4, -0.2) is 48.5 Å². The predicted molar refractivity (Wildman–Crippen MR) is 65.7 cm³/mol. The molecule has 5 nitrogen and oxygen atoms in total. The van der Waals surface area contributed by atoms with Crippen LogP contribution in [0.15, 0.2) is 0 Å². The molecular weight excluding hydrogens is 220 g/mol. The zero-order valence-electron chi connectivity index (χ0n) is 11.0. The third kappa shape index (κ3) is 4.26. The summed E-state index contributed by atoms with van der Waals surface area (Å²) < 4.78 is 5.32. The quantitative estimate of drug-likeness (QED) is 0.616. The molecule has 3 atom stereocenters. The fraction of sp³-hybridized carbons (Fsp3) is 0.917. The average molecular weight is 244 g/mol. The highest BCUT2D eigenvalue weighted by atomic mass is 16.5. The second-order valence-corrected chi connectivity index (χ2v) is 4.85. The number of aliphatic hydroxyl groups is 1. The molecule has 0 aromatic carbocycles. The Morgan fingerprint density at radius 1 is 1.65 bits per heavy atom. The Kier molecular flexibility index (Phi) is 5.36. The van der Waals surface area contributed by atoms with E-state index in [1.807, 2.05) is 20.8 Å². The van der Waals surface area contributed by atoms with E-state index in [0.717, 1.165) is 6.42 Å². The second-order valence-electron chi connectivity index (χ2n) is 4.85. The van der Waals surface area contributed by atoms with Crippen LogP contribution in [0.25, 0.3) is 0 Å². The van der Waals surface area contributed by atoms with Gasteiger partial charge in [0.05, 0.1) is 12.6 Å². The number of hydrogen-bond acceptors (Lipinski definition) is 4. The van der Waals surface area contributed by atoms with Crippen LogP contribution >= 0.6 is 0 Å². The summed E-state index contributed by atoms with van der Waals surface area (Å²) in [6.07, 6.45) is 1.36. The minimum absolute atomic E-state index is 0.0329. The summed E-state index contributed by atoms with van der Waals surface area (Å²) in [4.78, 5) is 11.5. The molecule has 1 saturated heterocycles. The van der Waals surface area contributed by atoms with E-state index >= 15 is 0 Å². The van der Waals surface area contributed by atoms with E-state index in [-0.39, 0.29) is 24.6 Å². The molecule has 0 aliphatic carbocycles. The van der Waals surface area contributed by atoms with Gasteiger partial charge in [0.1, 0.15) is 5.60 Å². The van der Waals surface area contributed by atoms with Gasteiger partial charge in [-0.05, 0) is 20.3 Å². The predicted octanol–water partition coefficient (Wildman–Crippen LogP) is 0.0306. The van der Waals surface area contributed by atoms with E-state index in [4.69, 9.17) is 4.74 Å².